The number of ether oxygens (including phenoxy) is 1. The molecule has 0 aliphatic heterocycles. The Balaban J connectivity index is 2.44. The summed E-state index contributed by atoms with van der Waals surface area (Å²) in [6.07, 6.45) is -0.902. The zero-order chi connectivity index (χ0) is 15.6. The maximum atomic E-state index is 12.3. The predicted molar refractivity (Wildman–Crippen MR) is 79.5 cm³/mol. The van der Waals surface area contributed by atoms with Crippen LogP contribution in [0.2, 0.25) is 0 Å². The predicted octanol–water partition coefficient (Wildman–Crippen LogP) is 2.52. The van der Waals surface area contributed by atoms with E-state index in [0.29, 0.717) is 11.0 Å². The van der Waals surface area contributed by atoms with Crippen molar-refractivity contribution in [3.8, 4) is 0 Å². The third-order valence-corrected chi connectivity index (χ3v) is 2.69. The van der Waals surface area contributed by atoms with Crippen molar-refractivity contribution in [3.05, 3.63) is 24.3 Å². The summed E-state index contributed by atoms with van der Waals surface area (Å²) in [6, 6.07) is 6.86. The van der Waals surface area contributed by atoms with Crippen molar-refractivity contribution in [2.45, 2.75) is 20.0 Å². The molecular weight excluding hydrogens is 272 g/mol. The average molecular weight is 290 g/mol. The van der Waals surface area contributed by atoms with Crippen LogP contribution in [-0.4, -0.2) is 46.8 Å². The second kappa shape index (κ2) is 5.82. The van der Waals surface area contributed by atoms with E-state index in [4.69, 9.17) is 4.74 Å². The molecule has 1 N–H and O–H groups in total. The van der Waals surface area contributed by atoms with E-state index in [1.54, 1.807) is 46.1 Å². The van der Waals surface area contributed by atoms with Gasteiger partial charge in [0.1, 0.15) is 0 Å². The lowest BCUT2D eigenvalue weighted by atomic mass is 10.3. The van der Waals surface area contributed by atoms with Gasteiger partial charge in [0.25, 0.3) is 0 Å². The smallest absolute Gasteiger partial charge is 0.414 e. The van der Waals surface area contributed by atoms with Gasteiger partial charge in [0.15, 0.2) is 0 Å². The highest BCUT2D eigenvalue weighted by Crippen LogP contribution is 2.20. The highest BCUT2D eigenvalue weighted by atomic mass is 16.6. The van der Waals surface area contributed by atoms with Gasteiger partial charge >= 0.3 is 12.1 Å². The van der Waals surface area contributed by atoms with E-state index in [-0.39, 0.29) is 18.1 Å². The van der Waals surface area contributed by atoms with E-state index in [1.165, 1.54) is 9.47 Å². The largest absolute Gasteiger partial charge is 0.447 e. The number of nitrogens with zero attached hydrogens (tertiary/aromatic N) is 3. The van der Waals surface area contributed by atoms with Gasteiger partial charge in [0.05, 0.1) is 17.1 Å². The summed E-state index contributed by atoms with van der Waals surface area (Å²) in [4.78, 5) is 29.7. The van der Waals surface area contributed by atoms with E-state index in [9.17, 15) is 9.59 Å². The number of hydrogen-bond acceptors (Lipinski definition) is 4. The Morgan fingerprint density at radius 3 is 2.57 bits per heavy atom. The van der Waals surface area contributed by atoms with Crippen molar-refractivity contribution < 1.29 is 14.3 Å². The van der Waals surface area contributed by atoms with Crippen LogP contribution in [-0.2, 0) is 4.74 Å². The highest BCUT2D eigenvalue weighted by Gasteiger charge is 2.20. The van der Waals surface area contributed by atoms with Crippen LogP contribution in [0.5, 0.6) is 0 Å². The molecule has 2 rings (SSSR count). The number of amides is 2. The van der Waals surface area contributed by atoms with Gasteiger partial charge < -0.3 is 9.64 Å². The molecule has 2 aromatic rings. The van der Waals surface area contributed by atoms with Gasteiger partial charge in [-0.05, 0) is 26.0 Å². The number of rotatable bonds is 2. The van der Waals surface area contributed by atoms with E-state index >= 15 is 0 Å². The number of carbonyl (C=O) groups is 2. The number of imidazole rings is 1. The SMILES string of the molecule is CC(C)OC(=O)Nc1nc2ccccc2n1C(=O)N(C)C. The van der Waals surface area contributed by atoms with E-state index in [1.807, 2.05) is 6.07 Å². The summed E-state index contributed by atoms with van der Waals surface area (Å²) >= 11 is 0. The summed E-state index contributed by atoms with van der Waals surface area (Å²) < 4.78 is 6.36. The monoisotopic (exact) mass is 290 g/mol. The first kappa shape index (κ1) is 14.8. The summed E-state index contributed by atoms with van der Waals surface area (Å²) in [7, 11) is 3.26. The van der Waals surface area contributed by atoms with Crippen LogP contribution in [0.3, 0.4) is 0 Å². The van der Waals surface area contributed by atoms with Gasteiger partial charge in [-0.3, -0.25) is 5.32 Å². The maximum Gasteiger partial charge on any atom is 0.414 e. The fourth-order valence-corrected chi connectivity index (χ4v) is 1.84. The molecule has 0 saturated carbocycles. The summed E-state index contributed by atoms with van der Waals surface area (Å²) in [5, 5.41) is 2.51. The molecule has 7 heteroatoms. The molecule has 0 aliphatic carbocycles. The maximum absolute atomic E-state index is 12.3. The lowest BCUT2D eigenvalue weighted by Gasteiger charge is -2.14. The zero-order valence-corrected chi connectivity index (χ0v) is 12.5. The van der Waals surface area contributed by atoms with Crippen LogP contribution in [0, 0.1) is 0 Å². The third-order valence-electron chi connectivity index (χ3n) is 2.69. The minimum Gasteiger partial charge on any atom is -0.447 e. The number of benzene rings is 1. The molecule has 112 valence electrons. The standard InChI is InChI=1S/C14H18N4O3/c1-9(2)21-13(19)16-12-15-10-7-5-6-8-11(10)18(12)14(20)17(3)4/h5-9H,1-4H3,(H,15,16,19). The topological polar surface area (TPSA) is 76.5 Å². The Labute approximate surface area is 122 Å². The van der Waals surface area contributed by atoms with Gasteiger partial charge in [-0.15, -0.1) is 0 Å². The van der Waals surface area contributed by atoms with Crippen LogP contribution in [0.25, 0.3) is 11.0 Å². The van der Waals surface area contributed by atoms with E-state index in [2.05, 4.69) is 10.3 Å². The first-order valence-corrected chi connectivity index (χ1v) is 6.57. The fraction of sp³-hybridized carbons (Fsp3) is 0.357. The Kier molecular flexibility index (Phi) is 4.11. The molecule has 0 aliphatic rings. The van der Waals surface area contributed by atoms with Crippen LogP contribution in [0.15, 0.2) is 24.3 Å². The molecule has 1 aromatic carbocycles. The summed E-state index contributed by atoms with van der Waals surface area (Å²) in [5.41, 5.74) is 1.24. The number of fused-ring (bicyclic) bond motifs is 1. The highest BCUT2D eigenvalue weighted by molar-refractivity contribution is 5.96. The summed E-state index contributed by atoms with van der Waals surface area (Å²) in [6.45, 7) is 3.49. The van der Waals surface area contributed by atoms with Crippen molar-refractivity contribution in [1.82, 2.24) is 14.5 Å². The number of carbonyl (C=O) groups excluding carboxylic acids is 2. The summed E-state index contributed by atoms with van der Waals surface area (Å²) in [5.74, 6) is 0.139. The molecule has 0 unspecified atom stereocenters. The van der Waals surface area contributed by atoms with E-state index < -0.39 is 6.09 Å². The number of hydrogen-bond donors (Lipinski definition) is 1. The quantitative estimate of drug-likeness (QED) is 0.922. The zero-order valence-electron chi connectivity index (χ0n) is 12.5. The minimum atomic E-state index is -0.645. The van der Waals surface area contributed by atoms with Crippen LogP contribution < -0.4 is 5.32 Å². The van der Waals surface area contributed by atoms with Crippen LogP contribution in [0.4, 0.5) is 15.5 Å². The number of nitrogens with one attached hydrogen (secondary N) is 1. The molecule has 0 fully saturated rings. The Bertz CT molecular complexity index is 676. The van der Waals surface area contributed by atoms with Crippen molar-refractivity contribution >= 4 is 29.1 Å². The van der Waals surface area contributed by atoms with Crippen molar-refractivity contribution in [2.75, 3.05) is 19.4 Å². The second-order valence-electron chi connectivity index (χ2n) is 5.02. The van der Waals surface area contributed by atoms with Crippen molar-refractivity contribution in [2.24, 2.45) is 0 Å². The van der Waals surface area contributed by atoms with Crippen molar-refractivity contribution in [1.29, 1.82) is 0 Å². The third kappa shape index (κ3) is 3.13. The van der Waals surface area contributed by atoms with Gasteiger partial charge in [0.2, 0.25) is 5.95 Å². The first-order chi connectivity index (χ1) is 9.90. The van der Waals surface area contributed by atoms with Gasteiger partial charge in [-0.25, -0.2) is 19.1 Å². The molecule has 1 heterocycles. The van der Waals surface area contributed by atoms with Crippen LogP contribution >= 0.6 is 0 Å². The number of anilines is 1. The molecule has 2 amide bonds. The molecule has 0 atom stereocenters. The molecule has 0 bridgehead atoms. The Morgan fingerprint density at radius 1 is 1.29 bits per heavy atom. The molecule has 7 nitrogen and oxygen atoms in total. The van der Waals surface area contributed by atoms with Gasteiger partial charge in [-0.2, -0.15) is 0 Å². The molecule has 1 aromatic heterocycles. The first-order valence-electron chi connectivity index (χ1n) is 6.57. The molecule has 21 heavy (non-hydrogen) atoms. The lowest BCUT2D eigenvalue weighted by molar-refractivity contribution is 0.129. The fourth-order valence-electron chi connectivity index (χ4n) is 1.84. The molecule has 0 radical (unpaired) electrons. The molecule has 0 saturated heterocycles. The molecule has 0 spiro atoms. The van der Waals surface area contributed by atoms with Gasteiger partial charge in [-0.1, -0.05) is 12.1 Å². The Morgan fingerprint density at radius 2 is 1.95 bits per heavy atom. The van der Waals surface area contributed by atoms with E-state index in [0.717, 1.165) is 0 Å². The van der Waals surface area contributed by atoms with Crippen LogP contribution in [0.1, 0.15) is 13.8 Å². The van der Waals surface area contributed by atoms with Gasteiger partial charge in [0, 0.05) is 14.1 Å². The number of aromatic nitrogens is 2. The Hall–Kier alpha value is -2.57. The second-order valence-corrected chi connectivity index (χ2v) is 5.02. The minimum absolute atomic E-state index is 0.139. The normalized spacial score (nSPS) is 10.7. The molecular formula is C14H18N4O3. The lowest BCUT2D eigenvalue weighted by Crippen LogP contribution is -2.29. The number of para-hydroxylation sites is 2. The van der Waals surface area contributed by atoms with Crippen molar-refractivity contribution in [3.63, 3.8) is 0 Å². The average Bonchev–Trinajstić information content (AvgIpc) is 2.74.